The van der Waals surface area contributed by atoms with Crippen molar-refractivity contribution >= 4 is 17.3 Å². The third-order valence-corrected chi connectivity index (χ3v) is 7.17. The molecule has 1 aliphatic heterocycles. The van der Waals surface area contributed by atoms with E-state index in [0.717, 1.165) is 45.9 Å². The van der Waals surface area contributed by atoms with Gasteiger partial charge in [-0.05, 0) is 29.5 Å². The first-order valence-corrected chi connectivity index (χ1v) is 12.3. The predicted molar refractivity (Wildman–Crippen MR) is 143 cm³/mol. The second-order valence-corrected chi connectivity index (χ2v) is 10.5. The highest BCUT2D eigenvalue weighted by molar-refractivity contribution is 6.02. The summed E-state index contributed by atoms with van der Waals surface area (Å²) in [6, 6.07) is 26.4. The molecule has 37 heavy (non-hydrogen) atoms. The second kappa shape index (κ2) is 8.55. The van der Waals surface area contributed by atoms with E-state index >= 15 is 0 Å². The molecule has 1 N–H and O–H groups in total. The first-order valence-electron chi connectivity index (χ1n) is 12.3. The van der Waals surface area contributed by atoms with Crippen molar-refractivity contribution < 1.29 is 9.72 Å². The normalized spacial score (nSPS) is 18.1. The average molecular weight is 491 g/mol. The fourth-order valence-corrected chi connectivity index (χ4v) is 5.58. The van der Waals surface area contributed by atoms with E-state index in [2.05, 4.69) is 31.3 Å². The third-order valence-electron chi connectivity index (χ3n) is 7.17. The Morgan fingerprint density at radius 1 is 0.946 bits per heavy atom. The number of hydrogen-bond donors (Lipinski definition) is 1. The molecular weight excluding hydrogens is 464 g/mol. The largest absolute Gasteiger partial charge is 0.343 e. The van der Waals surface area contributed by atoms with E-state index in [1.165, 1.54) is 12.1 Å². The van der Waals surface area contributed by atoms with Crippen LogP contribution in [0.25, 0.3) is 16.9 Å². The van der Waals surface area contributed by atoms with Crippen LogP contribution in [0.2, 0.25) is 0 Å². The number of nitrogens with one attached hydrogen (secondary N) is 1. The molecule has 1 aromatic heterocycles. The van der Waals surface area contributed by atoms with E-state index in [-0.39, 0.29) is 22.8 Å². The van der Waals surface area contributed by atoms with Gasteiger partial charge in [0.2, 0.25) is 0 Å². The number of fused-ring (bicyclic) bond motifs is 1. The molecule has 3 aromatic carbocycles. The Hall–Kier alpha value is -4.52. The lowest BCUT2D eigenvalue weighted by molar-refractivity contribution is -0.384. The molecule has 2 heterocycles. The number of nitro benzene ring substituents is 1. The fourth-order valence-electron chi connectivity index (χ4n) is 5.58. The smallest absolute Gasteiger partial charge is 0.269 e. The lowest BCUT2D eigenvalue weighted by Gasteiger charge is -2.38. The monoisotopic (exact) mass is 490 g/mol. The average Bonchev–Trinajstić information content (AvgIpc) is 3.27. The topological polar surface area (TPSA) is 90.1 Å². The minimum absolute atomic E-state index is 0.0211. The summed E-state index contributed by atoms with van der Waals surface area (Å²) in [5.41, 5.74) is 5.97. The van der Waals surface area contributed by atoms with Crippen LogP contribution in [0.5, 0.6) is 0 Å². The number of carbonyl (C=O) groups is 1. The Morgan fingerprint density at radius 3 is 2.24 bits per heavy atom. The van der Waals surface area contributed by atoms with Gasteiger partial charge in [0.05, 0.1) is 16.3 Å². The van der Waals surface area contributed by atoms with Crippen LogP contribution in [-0.2, 0) is 4.79 Å². The lowest BCUT2D eigenvalue weighted by Crippen LogP contribution is -2.34. The van der Waals surface area contributed by atoms with Gasteiger partial charge in [-0.1, -0.05) is 74.5 Å². The maximum atomic E-state index is 13.7. The van der Waals surface area contributed by atoms with E-state index in [4.69, 9.17) is 5.10 Å². The molecule has 0 fully saturated rings. The summed E-state index contributed by atoms with van der Waals surface area (Å²) in [5, 5.41) is 19.9. The molecule has 1 atom stereocenters. The second-order valence-electron chi connectivity index (χ2n) is 10.5. The number of nitro groups is 1. The van der Waals surface area contributed by atoms with E-state index in [1.54, 1.807) is 12.1 Å². The van der Waals surface area contributed by atoms with E-state index in [0.29, 0.717) is 12.1 Å². The summed E-state index contributed by atoms with van der Waals surface area (Å²) >= 11 is 0. The van der Waals surface area contributed by atoms with Gasteiger partial charge in [-0.2, -0.15) is 5.10 Å². The van der Waals surface area contributed by atoms with Crippen molar-refractivity contribution in [2.75, 3.05) is 5.32 Å². The van der Waals surface area contributed by atoms with Crippen molar-refractivity contribution in [3.05, 3.63) is 117 Å². The van der Waals surface area contributed by atoms with Gasteiger partial charge in [-0.15, -0.1) is 0 Å². The number of ketones is 1. The van der Waals surface area contributed by atoms with Crippen LogP contribution in [-0.4, -0.2) is 20.5 Å². The maximum absolute atomic E-state index is 13.7. The summed E-state index contributed by atoms with van der Waals surface area (Å²) in [4.78, 5) is 24.5. The van der Waals surface area contributed by atoms with Gasteiger partial charge in [0.1, 0.15) is 5.82 Å². The molecule has 1 aliphatic carbocycles. The number of aromatic nitrogens is 2. The van der Waals surface area contributed by atoms with Gasteiger partial charge in [-0.3, -0.25) is 14.9 Å². The quantitative estimate of drug-likeness (QED) is 0.256. The van der Waals surface area contributed by atoms with Crippen molar-refractivity contribution in [1.82, 2.24) is 9.78 Å². The molecule has 0 radical (unpaired) electrons. The molecule has 7 nitrogen and oxygen atoms in total. The molecule has 184 valence electrons. The summed E-state index contributed by atoms with van der Waals surface area (Å²) < 4.78 is 1.81. The van der Waals surface area contributed by atoms with Crippen LogP contribution in [0.3, 0.4) is 0 Å². The summed E-state index contributed by atoms with van der Waals surface area (Å²) in [5.74, 6) is 0.657. The zero-order chi connectivity index (χ0) is 25.7. The number of allylic oxidation sites excluding steroid dienone is 2. The van der Waals surface area contributed by atoms with Crippen molar-refractivity contribution in [3.8, 4) is 16.9 Å². The maximum Gasteiger partial charge on any atom is 0.269 e. The number of Topliss-reactive ketones (excluding diaryl/α,β-unsaturated/α-hetero) is 1. The number of non-ortho nitro benzene ring substituents is 1. The molecule has 2 aliphatic rings. The van der Waals surface area contributed by atoms with Gasteiger partial charge < -0.3 is 5.32 Å². The molecule has 0 spiro atoms. The van der Waals surface area contributed by atoms with Crippen molar-refractivity contribution in [1.29, 1.82) is 0 Å². The minimum Gasteiger partial charge on any atom is -0.343 e. The van der Waals surface area contributed by atoms with Crippen LogP contribution in [0.1, 0.15) is 43.7 Å². The molecule has 1 unspecified atom stereocenters. The highest BCUT2D eigenvalue weighted by Gasteiger charge is 2.43. The fraction of sp³-hybridized carbons (Fsp3) is 0.200. The Bertz CT molecular complexity index is 1550. The number of rotatable bonds is 4. The highest BCUT2D eigenvalue weighted by atomic mass is 16.6. The number of benzene rings is 3. The summed E-state index contributed by atoms with van der Waals surface area (Å²) in [7, 11) is 0. The summed E-state index contributed by atoms with van der Waals surface area (Å²) in [6.07, 6.45) is 1.23. The van der Waals surface area contributed by atoms with Crippen LogP contribution in [0.15, 0.2) is 96.2 Å². The molecule has 0 bridgehead atoms. The number of anilines is 1. The molecule has 7 heteroatoms. The third kappa shape index (κ3) is 3.93. The minimum atomic E-state index is -0.409. The van der Waals surface area contributed by atoms with Crippen molar-refractivity contribution in [2.45, 2.75) is 32.6 Å². The first kappa shape index (κ1) is 22.9. The van der Waals surface area contributed by atoms with E-state index in [1.807, 2.05) is 53.2 Å². The zero-order valence-electron chi connectivity index (χ0n) is 20.6. The van der Waals surface area contributed by atoms with Gasteiger partial charge in [0, 0.05) is 46.9 Å². The standard InChI is InChI=1S/C30H26N4O3/c1-30(2)17-23-26(24(35)18-30)25(19-9-5-3-6-10-19)27-28(20-11-7-4-8-12-20)32-33(29(27)31-23)21-13-15-22(16-14-21)34(36)37/h3-16,25,31H,17-18H2,1-2H3. The van der Waals surface area contributed by atoms with Crippen LogP contribution in [0, 0.1) is 15.5 Å². The number of hydrogen-bond acceptors (Lipinski definition) is 5. The van der Waals surface area contributed by atoms with Crippen LogP contribution < -0.4 is 5.32 Å². The Balaban J connectivity index is 1.64. The van der Waals surface area contributed by atoms with Gasteiger partial charge in [0.25, 0.3) is 5.69 Å². The molecule has 4 aromatic rings. The van der Waals surface area contributed by atoms with Crippen molar-refractivity contribution in [2.24, 2.45) is 5.41 Å². The molecular formula is C30H26N4O3. The summed E-state index contributed by atoms with van der Waals surface area (Å²) in [6.45, 7) is 4.23. The Labute approximate surface area is 214 Å². The highest BCUT2D eigenvalue weighted by Crippen LogP contribution is 2.52. The Kier molecular flexibility index (Phi) is 5.30. The van der Waals surface area contributed by atoms with Gasteiger partial charge in [0.15, 0.2) is 5.78 Å². The van der Waals surface area contributed by atoms with E-state index in [9.17, 15) is 14.9 Å². The molecule has 0 amide bonds. The van der Waals surface area contributed by atoms with Crippen LogP contribution in [0.4, 0.5) is 11.5 Å². The molecule has 0 saturated carbocycles. The molecule has 0 saturated heterocycles. The van der Waals surface area contributed by atoms with Gasteiger partial charge >= 0.3 is 0 Å². The first-order chi connectivity index (χ1) is 17.8. The predicted octanol–water partition coefficient (Wildman–Crippen LogP) is 6.65. The number of nitrogens with zero attached hydrogens (tertiary/aromatic N) is 3. The SMILES string of the molecule is CC1(C)CC(=O)C2=C(C1)Nc1c(c(-c3ccccc3)nn1-c1ccc([N+](=O)[O-])cc1)C2c1ccccc1. The van der Waals surface area contributed by atoms with Crippen LogP contribution >= 0.6 is 0 Å². The van der Waals surface area contributed by atoms with Crippen molar-refractivity contribution in [3.63, 3.8) is 0 Å². The number of carbonyl (C=O) groups excluding carboxylic acids is 1. The lowest BCUT2D eigenvalue weighted by atomic mass is 9.69. The molecule has 6 rings (SSSR count). The zero-order valence-corrected chi connectivity index (χ0v) is 20.6. The van der Waals surface area contributed by atoms with E-state index < -0.39 is 4.92 Å². The van der Waals surface area contributed by atoms with Gasteiger partial charge in [-0.25, -0.2) is 4.68 Å². The Morgan fingerprint density at radius 2 is 1.59 bits per heavy atom.